The highest BCUT2D eigenvalue weighted by Crippen LogP contribution is 2.23. The number of nitrogens with zero attached hydrogens (tertiary/aromatic N) is 4. The largest absolute Gasteiger partial charge is 0.472 e. The van der Waals surface area contributed by atoms with Gasteiger partial charge >= 0.3 is 0 Å². The van der Waals surface area contributed by atoms with Gasteiger partial charge in [0.05, 0.1) is 5.56 Å². The molecule has 3 aromatic rings. The van der Waals surface area contributed by atoms with Crippen LogP contribution in [0.25, 0.3) is 0 Å². The van der Waals surface area contributed by atoms with Gasteiger partial charge in [0.2, 0.25) is 5.88 Å². The number of rotatable bonds is 5. The molecule has 0 bridgehead atoms. The average molecular weight is 420 g/mol. The smallest absolute Gasteiger partial charge is 0.225 e. The van der Waals surface area contributed by atoms with Crippen molar-refractivity contribution in [2.45, 2.75) is 13.5 Å². The summed E-state index contributed by atoms with van der Waals surface area (Å²) in [7, 11) is 0. The van der Waals surface area contributed by atoms with Crippen LogP contribution in [-0.2, 0) is 6.61 Å². The number of amidine groups is 1. The highest BCUT2D eigenvalue weighted by atomic mass is 19.1. The summed E-state index contributed by atoms with van der Waals surface area (Å²) in [6.07, 6.45) is 0. The van der Waals surface area contributed by atoms with Crippen LogP contribution in [0, 0.1) is 12.7 Å². The van der Waals surface area contributed by atoms with Gasteiger partial charge in [-0.3, -0.25) is 0 Å². The number of hydrogen-bond acceptors (Lipinski definition) is 5. The second kappa shape index (κ2) is 9.47. The van der Waals surface area contributed by atoms with Crippen molar-refractivity contribution in [3.63, 3.8) is 0 Å². The minimum atomic E-state index is -0.313. The number of aromatic nitrogens is 1. The number of ether oxygens (including phenoxy) is 1. The van der Waals surface area contributed by atoms with Crippen LogP contribution < -0.4 is 9.64 Å². The van der Waals surface area contributed by atoms with Crippen LogP contribution in [-0.4, -0.2) is 47.1 Å². The highest BCUT2D eigenvalue weighted by Gasteiger charge is 2.24. The molecule has 1 saturated heterocycles. The molecule has 6 nitrogen and oxygen atoms in total. The predicted octanol–water partition coefficient (Wildman–Crippen LogP) is 4.07. The Labute approximate surface area is 181 Å². The molecule has 7 heteroatoms. The molecule has 31 heavy (non-hydrogen) atoms. The van der Waals surface area contributed by atoms with E-state index < -0.39 is 0 Å². The van der Waals surface area contributed by atoms with Crippen molar-refractivity contribution in [2.75, 3.05) is 31.1 Å². The minimum Gasteiger partial charge on any atom is -0.472 e. The SMILES string of the molecule is Cc1ccc(/C(=N/O)N2CCN(c3ccccc3)CC2)c(OCc2cccc(F)c2)n1. The second-order valence-electron chi connectivity index (χ2n) is 7.46. The van der Waals surface area contributed by atoms with E-state index in [4.69, 9.17) is 4.74 Å². The molecule has 2 heterocycles. The van der Waals surface area contributed by atoms with Gasteiger partial charge in [-0.2, -0.15) is 0 Å². The summed E-state index contributed by atoms with van der Waals surface area (Å²) < 4.78 is 19.4. The topological polar surface area (TPSA) is 61.2 Å². The van der Waals surface area contributed by atoms with Crippen molar-refractivity contribution >= 4 is 11.5 Å². The Morgan fingerprint density at radius 3 is 2.52 bits per heavy atom. The van der Waals surface area contributed by atoms with Gasteiger partial charge in [0.1, 0.15) is 12.4 Å². The molecule has 2 aromatic carbocycles. The number of piperazine rings is 1. The fraction of sp³-hybridized carbons (Fsp3) is 0.250. The van der Waals surface area contributed by atoms with E-state index in [0.717, 1.165) is 18.8 Å². The monoisotopic (exact) mass is 420 g/mol. The fourth-order valence-corrected chi connectivity index (χ4v) is 3.69. The molecule has 0 spiro atoms. The molecule has 160 valence electrons. The van der Waals surface area contributed by atoms with Crippen LogP contribution in [0.3, 0.4) is 0 Å². The third kappa shape index (κ3) is 4.94. The standard InChI is InChI=1S/C24H25FN4O2/c1-18-10-11-22(24(26-18)31-17-19-6-5-7-20(25)16-19)23(27-30)29-14-12-28(13-15-29)21-8-3-2-4-9-21/h2-11,16,30H,12-15,17H2,1H3/b27-23-. The zero-order valence-corrected chi connectivity index (χ0v) is 17.4. The van der Waals surface area contributed by atoms with E-state index in [1.165, 1.54) is 17.8 Å². The van der Waals surface area contributed by atoms with Crippen LogP contribution in [0.5, 0.6) is 5.88 Å². The zero-order chi connectivity index (χ0) is 21.6. The number of aryl methyl sites for hydroxylation is 1. The molecule has 0 saturated carbocycles. The lowest BCUT2D eigenvalue weighted by Gasteiger charge is -2.37. The van der Waals surface area contributed by atoms with Gasteiger partial charge in [0.25, 0.3) is 0 Å². The molecule has 1 aromatic heterocycles. The molecule has 0 atom stereocenters. The summed E-state index contributed by atoms with van der Waals surface area (Å²) in [6, 6.07) is 20.2. The molecule has 1 aliphatic heterocycles. The third-order valence-corrected chi connectivity index (χ3v) is 5.30. The Hall–Kier alpha value is -3.61. The normalized spacial score (nSPS) is 14.6. The van der Waals surface area contributed by atoms with Crippen molar-refractivity contribution in [3.8, 4) is 5.88 Å². The van der Waals surface area contributed by atoms with Gasteiger partial charge in [-0.15, -0.1) is 0 Å². The summed E-state index contributed by atoms with van der Waals surface area (Å²) in [5.41, 5.74) is 3.27. The van der Waals surface area contributed by atoms with Gasteiger partial charge in [-0.05, 0) is 48.9 Å². The Kier molecular flexibility index (Phi) is 6.31. The van der Waals surface area contributed by atoms with Crippen molar-refractivity contribution in [2.24, 2.45) is 5.16 Å². The number of anilines is 1. The Bertz CT molecular complexity index is 1050. The Balaban J connectivity index is 1.50. The van der Waals surface area contributed by atoms with Crippen molar-refractivity contribution in [3.05, 3.63) is 89.4 Å². The predicted molar refractivity (Wildman–Crippen MR) is 118 cm³/mol. The van der Waals surface area contributed by atoms with Crippen LogP contribution in [0.15, 0.2) is 71.9 Å². The van der Waals surface area contributed by atoms with Crippen LogP contribution in [0.2, 0.25) is 0 Å². The van der Waals surface area contributed by atoms with Gasteiger partial charge in [0.15, 0.2) is 5.84 Å². The lowest BCUT2D eigenvalue weighted by Crippen LogP contribution is -2.49. The summed E-state index contributed by atoms with van der Waals surface area (Å²) in [6.45, 7) is 5.05. The van der Waals surface area contributed by atoms with E-state index in [-0.39, 0.29) is 12.4 Å². The lowest BCUT2D eigenvalue weighted by atomic mass is 10.1. The third-order valence-electron chi connectivity index (χ3n) is 5.30. The van der Waals surface area contributed by atoms with Crippen molar-refractivity contribution < 1.29 is 14.3 Å². The number of pyridine rings is 1. The van der Waals surface area contributed by atoms with Gasteiger partial charge in [-0.25, -0.2) is 9.37 Å². The molecular weight excluding hydrogens is 395 g/mol. The number of oxime groups is 1. The maximum Gasteiger partial charge on any atom is 0.225 e. The van der Waals surface area contributed by atoms with Gasteiger partial charge in [0, 0.05) is 37.6 Å². The molecule has 0 unspecified atom stereocenters. The lowest BCUT2D eigenvalue weighted by molar-refractivity contribution is 0.283. The highest BCUT2D eigenvalue weighted by molar-refractivity contribution is 6.00. The molecule has 0 amide bonds. The van der Waals surface area contributed by atoms with Gasteiger partial charge in [-0.1, -0.05) is 35.5 Å². The first-order valence-corrected chi connectivity index (χ1v) is 10.3. The molecular formula is C24H25FN4O2. The molecule has 1 N–H and O–H groups in total. The first kappa shape index (κ1) is 20.7. The molecule has 0 radical (unpaired) electrons. The Morgan fingerprint density at radius 1 is 1.03 bits per heavy atom. The quantitative estimate of drug-likeness (QED) is 0.292. The summed E-state index contributed by atoms with van der Waals surface area (Å²) in [5, 5.41) is 13.4. The maximum atomic E-state index is 13.5. The Morgan fingerprint density at radius 2 is 1.81 bits per heavy atom. The van der Waals surface area contributed by atoms with Crippen LogP contribution in [0.4, 0.5) is 10.1 Å². The first-order chi connectivity index (χ1) is 15.1. The molecule has 4 rings (SSSR count). The fourth-order valence-electron chi connectivity index (χ4n) is 3.69. The van der Waals surface area contributed by atoms with Crippen LogP contribution in [0.1, 0.15) is 16.8 Å². The number of hydrogen-bond donors (Lipinski definition) is 1. The van der Waals surface area contributed by atoms with Crippen molar-refractivity contribution in [1.82, 2.24) is 9.88 Å². The average Bonchev–Trinajstić information content (AvgIpc) is 2.80. The number of benzene rings is 2. The zero-order valence-electron chi connectivity index (χ0n) is 17.4. The van der Waals surface area contributed by atoms with E-state index in [2.05, 4.69) is 27.2 Å². The van der Waals surface area contributed by atoms with E-state index in [1.54, 1.807) is 12.1 Å². The summed E-state index contributed by atoms with van der Waals surface area (Å²) >= 11 is 0. The van der Waals surface area contributed by atoms with E-state index >= 15 is 0 Å². The molecule has 1 aliphatic rings. The van der Waals surface area contributed by atoms with Crippen LogP contribution >= 0.6 is 0 Å². The van der Waals surface area contributed by atoms with Gasteiger partial charge < -0.3 is 19.7 Å². The second-order valence-corrected chi connectivity index (χ2v) is 7.46. The van der Waals surface area contributed by atoms with E-state index in [0.29, 0.717) is 35.9 Å². The first-order valence-electron chi connectivity index (χ1n) is 10.3. The maximum absolute atomic E-state index is 13.5. The molecule has 0 aliphatic carbocycles. The van der Waals surface area contributed by atoms with E-state index in [9.17, 15) is 9.60 Å². The number of halogens is 1. The summed E-state index contributed by atoms with van der Waals surface area (Å²) in [5.74, 6) is 0.476. The summed E-state index contributed by atoms with van der Waals surface area (Å²) in [4.78, 5) is 8.83. The van der Waals surface area contributed by atoms with E-state index in [1.807, 2.05) is 42.2 Å². The van der Waals surface area contributed by atoms with Crippen molar-refractivity contribution in [1.29, 1.82) is 0 Å². The number of para-hydroxylation sites is 1. The minimum absolute atomic E-state index is 0.168. The molecule has 1 fully saturated rings.